The summed E-state index contributed by atoms with van der Waals surface area (Å²) in [6.07, 6.45) is 1.47. The predicted molar refractivity (Wildman–Crippen MR) is 73.5 cm³/mol. The van der Waals surface area contributed by atoms with Crippen molar-refractivity contribution in [3.63, 3.8) is 0 Å². The number of benzene rings is 1. The molecule has 104 valence electrons. The van der Waals surface area contributed by atoms with E-state index in [1.54, 1.807) is 18.2 Å². The normalized spacial score (nSPS) is 10.1. The van der Waals surface area contributed by atoms with Crippen molar-refractivity contribution in [2.45, 2.75) is 6.54 Å². The summed E-state index contributed by atoms with van der Waals surface area (Å²) in [6.45, 7) is 0.189. The van der Waals surface area contributed by atoms with Crippen LogP contribution in [0.2, 0.25) is 0 Å². The third-order valence-electron chi connectivity index (χ3n) is 2.37. The van der Waals surface area contributed by atoms with E-state index >= 15 is 0 Å². The quantitative estimate of drug-likeness (QED) is 0.793. The van der Waals surface area contributed by atoms with Crippen LogP contribution in [0.25, 0.3) is 0 Å². The highest BCUT2D eigenvalue weighted by Crippen LogP contribution is 2.21. The Balaban J connectivity index is 1.97. The number of carbonyl (C=O) groups excluding carboxylic acids is 1. The fraction of sp³-hybridized carbons (Fsp3) is 0.0833. The van der Waals surface area contributed by atoms with Crippen molar-refractivity contribution in [2.75, 3.05) is 5.32 Å². The Labute approximate surface area is 122 Å². The summed E-state index contributed by atoms with van der Waals surface area (Å²) in [7, 11) is 0. The van der Waals surface area contributed by atoms with Crippen LogP contribution in [-0.4, -0.2) is 22.3 Å². The van der Waals surface area contributed by atoms with Crippen LogP contribution in [0.1, 0.15) is 16.1 Å². The molecule has 0 radical (unpaired) electrons. The molecule has 0 unspecified atom stereocenters. The summed E-state index contributed by atoms with van der Waals surface area (Å²) in [4.78, 5) is 22.6. The van der Waals surface area contributed by atoms with Crippen molar-refractivity contribution in [2.24, 2.45) is 0 Å². The Morgan fingerprint density at radius 1 is 1.35 bits per heavy atom. The average molecular weight is 340 g/mol. The standard InChI is InChI=1S/C12H10BrN3O4/c13-10-2-1-7(5-9(10)11(17)18)16-12(19)14-6-8-3-4-15-20-8/h1-5H,6H2,(H,17,18)(H2,14,16,19). The Kier molecular flexibility index (Phi) is 4.36. The molecule has 2 amide bonds. The molecule has 0 saturated heterocycles. The number of amides is 2. The molecule has 0 saturated carbocycles. The van der Waals surface area contributed by atoms with Gasteiger partial charge < -0.3 is 20.3 Å². The van der Waals surface area contributed by atoms with Crippen molar-refractivity contribution in [3.8, 4) is 0 Å². The van der Waals surface area contributed by atoms with E-state index in [-0.39, 0.29) is 12.1 Å². The zero-order valence-electron chi connectivity index (χ0n) is 10.1. The molecule has 0 fully saturated rings. The second kappa shape index (κ2) is 6.20. The molecule has 0 spiro atoms. The van der Waals surface area contributed by atoms with Gasteiger partial charge in [0.1, 0.15) is 0 Å². The molecular weight excluding hydrogens is 330 g/mol. The molecule has 0 aliphatic rings. The maximum absolute atomic E-state index is 11.6. The van der Waals surface area contributed by atoms with Gasteiger partial charge in [-0.1, -0.05) is 5.16 Å². The number of carboxylic acid groups (broad SMARTS) is 1. The monoisotopic (exact) mass is 339 g/mol. The summed E-state index contributed by atoms with van der Waals surface area (Å²) >= 11 is 3.13. The number of nitrogens with zero attached hydrogens (tertiary/aromatic N) is 1. The first-order valence-corrected chi connectivity index (χ1v) is 6.33. The zero-order valence-corrected chi connectivity index (χ0v) is 11.7. The van der Waals surface area contributed by atoms with Crippen molar-refractivity contribution < 1.29 is 19.2 Å². The number of aromatic carboxylic acids is 1. The fourth-order valence-corrected chi connectivity index (χ4v) is 1.86. The van der Waals surface area contributed by atoms with Crippen LogP contribution in [0.4, 0.5) is 10.5 Å². The predicted octanol–water partition coefficient (Wildman–Crippen LogP) is 2.46. The van der Waals surface area contributed by atoms with Gasteiger partial charge in [0.25, 0.3) is 0 Å². The largest absolute Gasteiger partial charge is 0.478 e. The molecule has 2 rings (SSSR count). The lowest BCUT2D eigenvalue weighted by Gasteiger charge is -2.08. The topological polar surface area (TPSA) is 104 Å². The first-order valence-electron chi connectivity index (χ1n) is 5.53. The number of carbonyl (C=O) groups is 2. The zero-order chi connectivity index (χ0) is 14.5. The number of rotatable bonds is 4. The number of hydrogen-bond donors (Lipinski definition) is 3. The Bertz CT molecular complexity index is 628. The molecule has 20 heavy (non-hydrogen) atoms. The number of urea groups is 1. The van der Waals surface area contributed by atoms with Crippen LogP contribution in [0.15, 0.2) is 39.5 Å². The molecule has 0 atom stereocenters. The van der Waals surface area contributed by atoms with E-state index in [0.29, 0.717) is 15.9 Å². The summed E-state index contributed by atoms with van der Waals surface area (Å²) in [5, 5.41) is 17.6. The van der Waals surface area contributed by atoms with Crippen LogP contribution in [-0.2, 0) is 6.54 Å². The lowest BCUT2D eigenvalue weighted by Crippen LogP contribution is -2.28. The third kappa shape index (κ3) is 3.58. The highest BCUT2D eigenvalue weighted by atomic mass is 79.9. The molecule has 7 nitrogen and oxygen atoms in total. The van der Waals surface area contributed by atoms with Gasteiger partial charge >= 0.3 is 12.0 Å². The molecule has 1 heterocycles. The molecular formula is C12H10BrN3O4. The number of halogens is 1. The maximum atomic E-state index is 11.6. The van der Waals surface area contributed by atoms with E-state index in [0.717, 1.165) is 0 Å². The van der Waals surface area contributed by atoms with E-state index in [1.807, 2.05) is 0 Å². The van der Waals surface area contributed by atoms with Gasteiger partial charge in [0.15, 0.2) is 5.76 Å². The van der Waals surface area contributed by atoms with Crippen LogP contribution in [0, 0.1) is 0 Å². The van der Waals surface area contributed by atoms with Crippen molar-refractivity contribution >= 4 is 33.6 Å². The SMILES string of the molecule is O=C(NCc1ccno1)Nc1ccc(Br)c(C(=O)O)c1. The van der Waals surface area contributed by atoms with Gasteiger partial charge in [-0.15, -0.1) is 0 Å². The lowest BCUT2D eigenvalue weighted by molar-refractivity contribution is 0.0696. The second-order valence-corrected chi connectivity index (χ2v) is 4.64. The molecule has 0 aliphatic heterocycles. The van der Waals surface area contributed by atoms with Crippen LogP contribution in [0.5, 0.6) is 0 Å². The van der Waals surface area contributed by atoms with Gasteiger partial charge in [0.05, 0.1) is 18.3 Å². The van der Waals surface area contributed by atoms with E-state index < -0.39 is 12.0 Å². The first-order chi connectivity index (χ1) is 9.56. The van der Waals surface area contributed by atoms with Gasteiger partial charge in [-0.05, 0) is 34.1 Å². The van der Waals surface area contributed by atoms with E-state index in [1.165, 1.54) is 12.3 Å². The summed E-state index contributed by atoms with van der Waals surface area (Å²) < 4.78 is 5.27. The van der Waals surface area contributed by atoms with Crippen molar-refractivity contribution in [1.29, 1.82) is 0 Å². The van der Waals surface area contributed by atoms with E-state index in [9.17, 15) is 9.59 Å². The molecule has 1 aromatic carbocycles. The number of anilines is 1. The summed E-state index contributed by atoms with van der Waals surface area (Å²) in [6, 6.07) is 5.66. The van der Waals surface area contributed by atoms with Gasteiger partial charge in [-0.2, -0.15) is 0 Å². The number of aromatic nitrogens is 1. The third-order valence-corrected chi connectivity index (χ3v) is 3.06. The highest BCUT2D eigenvalue weighted by Gasteiger charge is 2.10. The average Bonchev–Trinajstić information content (AvgIpc) is 2.91. The number of nitrogens with one attached hydrogen (secondary N) is 2. The van der Waals surface area contributed by atoms with Crippen molar-refractivity contribution in [1.82, 2.24) is 10.5 Å². The molecule has 3 N–H and O–H groups in total. The molecule has 8 heteroatoms. The first kappa shape index (κ1) is 14.1. The fourth-order valence-electron chi connectivity index (χ4n) is 1.44. The minimum Gasteiger partial charge on any atom is -0.478 e. The molecule has 1 aromatic heterocycles. The van der Waals surface area contributed by atoms with Crippen LogP contribution in [0.3, 0.4) is 0 Å². The molecule has 0 bridgehead atoms. The number of hydrogen-bond acceptors (Lipinski definition) is 4. The second-order valence-electron chi connectivity index (χ2n) is 3.79. The van der Waals surface area contributed by atoms with Gasteiger partial charge in [-0.25, -0.2) is 9.59 Å². The Morgan fingerprint density at radius 3 is 2.80 bits per heavy atom. The number of carboxylic acids is 1. The van der Waals surface area contributed by atoms with E-state index in [4.69, 9.17) is 9.63 Å². The van der Waals surface area contributed by atoms with Crippen LogP contribution >= 0.6 is 15.9 Å². The van der Waals surface area contributed by atoms with Gasteiger partial charge in [0, 0.05) is 16.2 Å². The highest BCUT2D eigenvalue weighted by molar-refractivity contribution is 9.10. The lowest BCUT2D eigenvalue weighted by atomic mass is 10.2. The Morgan fingerprint density at radius 2 is 2.15 bits per heavy atom. The minimum atomic E-state index is -1.08. The minimum absolute atomic E-state index is 0.0676. The molecule has 0 aliphatic carbocycles. The summed E-state index contributed by atoms with van der Waals surface area (Å²) in [5.41, 5.74) is 0.443. The maximum Gasteiger partial charge on any atom is 0.336 e. The van der Waals surface area contributed by atoms with Gasteiger partial charge in [-0.3, -0.25) is 0 Å². The van der Waals surface area contributed by atoms with Crippen LogP contribution < -0.4 is 10.6 Å². The summed E-state index contributed by atoms with van der Waals surface area (Å²) in [5.74, 6) is -0.565. The van der Waals surface area contributed by atoms with Gasteiger partial charge in [0.2, 0.25) is 0 Å². The Hall–Kier alpha value is -2.35. The van der Waals surface area contributed by atoms with Crippen molar-refractivity contribution in [3.05, 3.63) is 46.3 Å². The smallest absolute Gasteiger partial charge is 0.336 e. The molecule has 2 aromatic rings. The van der Waals surface area contributed by atoms with E-state index in [2.05, 4.69) is 31.7 Å².